The topological polar surface area (TPSA) is 76.1 Å². The summed E-state index contributed by atoms with van der Waals surface area (Å²) in [4.78, 5) is 17.0. The van der Waals surface area contributed by atoms with Crippen molar-refractivity contribution >= 4 is 43.8 Å². The van der Waals surface area contributed by atoms with Gasteiger partial charge in [0.25, 0.3) is 0 Å². The van der Waals surface area contributed by atoms with E-state index in [-0.39, 0.29) is 29.4 Å². The summed E-state index contributed by atoms with van der Waals surface area (Å²) in [5, 5.41) is 5.73. The first-order valence-electron chi connectivity index (χ1n) is 10.3. The lowest BCUT2D eigenvalue weighted by molar-refractivity contribution is -0.116. The second kappa shape index (κ2) is 9.51. The first-order valence-corrected chi connectivity index (χ1v) is 13.2. The van der Waals surface area contributed by atoms with Gasteiger partial charge in [0, 0.05) is 22.4 Å². The summed E-state index contributed by atoms with van der Waals surface area (Å²) in [6.45, 7) is 0. The molecule has 1 N–H and O–H groups in total. The Morgan fingerprint density at radius 1 is 1.06 bits per heavy atom. The molecule has 0 radical (unpaired) electrons. The van der Waals surface area contributed by atoms with Gasteiger partial charge in [0.1, 0.15) is 0 Å². The smallest absolute Gasteiger partial charge is 0.226 e. The molecule has 1 heterocycles. The molecule has 4 rings (SSSR count). The third kappa shape index (κ3) is 5.53. The SMILES string of the molecule is O=C(CCCS(=O)(=O)c1ccc(Cl)cc1)Nc1nc(-c2ccc3c(c2)CCCC3)cs1. The average Bonchev–Trinajstić information content (AvgIpc) is 3.22. The minimum absolute atomic E-state index is 0.0969. The van der Waals surface area contributed by atoms with Crippen molar-refractivity contribution in [3.8, 4) is 11.3 Å². The normalized spacial score (nSPS) is 13.6. The van der Waals surface area contributed by atoms with Gasteiger partial charge in [0.2, 0.25) is 5.91 Å². The third-order valence-electron chi connectivity index (χ3n) is 5.38. The number of amides is 1. The molecule has 5 nitrogen and oxygen atoms in total. The Balaban J connectivity index is 1.31. The number of fused-ring (bicyclic) bond motifs is 1. The van der Waals surface area contributed by atoms with Crippen LogP contribution in [0.2, 0.25) is 5.02 Å². The van der Waals surface area contributed by atoms with Crippen LogP contribution in [0.5, 0.6) is 0 Å². The molecule has 0 atom stereocenters. The molecule has 0 saturated carbocycles. The van der Waals surface area contributed by atoms with Crippen molar-refractivity contribution in [2.75, 3.05) is 11.1 Å². The lowest BCUT2D eigenvalue weighted by atomic mass is 9.90. The van der Waals surface area contributed by atoms with Crippen molar-refractivity contribution in [3.63, 3.8) is 0 Å². The highest BCUT2D eigenvalue weighted by atomic mass is 35.5. The number of nitrogens with one attached hydrogen (secondary N) is 1. The standard InChI is InChI=1S/C23H23ClN2O3S2/c24-19-9-11-20(12-10-19)31(28,29)13-3-6-22(27)26-23-25-21(15-30-23)18-8-7-16-4-1-2-5-17(16)14-18/h7-12,14-15H,1-6,13H2,(H,25,26,27). The summed E-state index contributed by atoms with van der Waals surface area (Å²) in [6, 6.07) is 12.5. The van der Waals surface area contributed by atoms with Gasteiger partial charge < -0.3 is 5.32 Å². The molecule has 1 aromatic heterocycles. The van der Waals surface area contributed by atoms with Gasteiger partial charge in [-0.1, -0.05) is 23.7 Å². The van der Waals surface area contributed by atoms with Crippen LogP contribution in [-0.2, 0) is 27.5 Å². The number of sulfone groups is 1. The Hall–Kier alpha value is -2.22. The Labute approximate surface area is 191 Å². The van der Waals surface area contributed by atoms with E-state index >= 15 is 0 Å². The van der Waals surface area contributed by atoms with Crippen molar-refractivity contribution < 1.29 is 13.2 Å². The average molecular weight is 475 g/mol. The number of hydrogen-bond donors (Lipinski definition) is 1. The van der Waals surface area contributed by atoms with E-state index in [4.69, 9.17) is 11.6 Å². The second-order valence-corrected chi connectivity index (χ2v) is 11.1. The zero-order chi connectivity index (χ0) is 21.8. The molecule has 0 fully saturated rings. The van der Waals surface area contributed by atoms with Gasteiger partial charge in [-0.3, -0.25) is 4.79 Å². The van der Waals surface area contributed by atoms with E-state index in [9.17, 15) is 13.2 Å². The summed E-state index contributed by atoms with van der Waals surface area (Å²) in [5.74, 6) is -0.335. The van der Waals surface area contributed by atoms with Crippen LogP contribution in [0, 0.1) is 0 Å². The van der Waals surface area contributed by atoms with E-state index in [1.807, 2.05) is 5.38 Å². The van der Waals surface area contributed by atoms with E-state index in [0.717, 1.165) is 24.1 Å². The number of carbonyl (C=O) groups is 1. The van der Waals surface area contributed by atoms with Crippen molar-refractivity contribution in [1.29, 1.82) is 0 Å². The highest BCUT2D eigenvalue weighted by Crippen LogP contribution is 2.29. The number of rotatable bonds is 7. The van der Waals surface area contributed by atoms with Gasteiger partial charge in [0.15, 0.2) is 15.0 Å². The van der Waals surface area contributed by atoms with Crippen molar-refractivity contribution in [2.45, 2.75) is 43.4 Å². The molecule has 0 unspecified atom stereocenters. The van der Waals surface area contributed by atoms with Crippen LogP contribution in [-0.4, -0.2) is 25.1 Å². The zero-order valence-corrected chi connectivity index (χ0v) is 19.3. The Morgan fingerprint density at radius 2 is 1.81 bits per heavy atom. The molecule has 31 heavy (non-hydrogen) atoms. The number of hydrogen-bond acceptors (Lipinski definition) is 5. The van der Waals surface area contributed by atoms with Gasteiger partial charge >= 0.3 is 0 Å². The van der Waals surface area contributed by atoms with Crippen molar-refractivity contribution in [2.24, 2.45) is 0 Å². The van der Waals surface area contributed by atoms with Crippen LogP contribution in [0.25, 0.3) is 11.3 Å². The predicted molar refractivity (Wildman–Crippen MR) is 126 cm³/mol. The number of benzene rings is 2. The Bertz CT molecular complexity index is 1190. The van der Waals surface area contributed by atoms with E-state index in [1.54, 1.807) is 12.1 Å². The number of aryl methyl sites for hydroxylation is 2. The molecule has 0 bridgehead atoms. The van der Waals surface area contributed by atoms with Gasteiger partial charge in [-0.15, -0.1) is 11.3 Å². The number of nitrogens with zero attached hydrogens (tertiary/aromatic N) is 1. The summed E-state index contributed by atoms with van der Waals surface area (Å²) < 4.78 is 24.7. The molecule has 0 spiro atoms. The number of carbonyl (C=O) groups excluding carboxylic acids is 1. The molecule has 1 aliphatic rings. The lowest BCUT2D eigenvalue weighted by Crippen LogP contribution is -2.14. The van der Waals surface area contributed by atoms with E-state index in [1.165, 1.54) is 47.4 Å². The Morgan fingerprint density at radius 3 is 2.58 bits per heavy atom. The first kappa shape index (κ1) is 22.0. The number of thiazole rings is 1. The molecular weight excluding hydrogens is 452 g/mol. The summed E-state index contributed by atoms with van der Waals surface area (Å²) >= 11 is 7.18. The molecule has 0 saturated heterocycles. The molecule has 1 amide bonds. The fourth-order valence-corrected chi connectivity index (χ4v) is 5.89. The summed E-state index contributed by atoms with van der Waals surface area (Å²) in [7, 11) is -3.44. The second-order valence-electron chi connectivity index (χ2n) is 7.65. The molecule has 0 aliphatic heterocycles. The molecule has 1 aliphatic carbocycles. The molecule has 3 aromatic rings. The van der Waals surface area contributed by atoms with Gasteiger partial charge in [-0.2, -0.15) is 0 Å². The maximum Gasteiger partial charge on any atom is 0.226 e. The third-order valence-corrected chi connectivity index (χ3v) is 8.21. The maximum absolute atomic E-state index is 12.4. The van der Waals surface area contributed by atoms with Gasteiger partial charge in [-0.25, -0.2) is 13.4 Å². The van der Waals surface area contributed by atoms with Gasteiger partial charge in [0.05, 0.1) is 16.3 Å². The molecule has 162 valence electrons. The monoisotopic (exact) mass is 474 g/mol. The van der Waals surface area contributed by atoms with Crippen LogP contribution in [0.3, 0.4) is 0 Å². The zero-order valence-electron chi connectivity index (χ0n) is 16.9. The van der Waals surface area contributed by atoms with Crippen molar-refractivity contribution in [1.82, 2.24) is 4.98 Å². The molecular formula is C23H23ClN2O3S2. The maximum atomic E-state index is 12.4. The summed E-state index contributed by atoms with van der Waals surface area (Å²) in [5.41, 5.74) is 4.72. The Kier molecular flexibility index (Phi) is 6.74. The van der Waals surface area contributed by atoms with Crippen molar-refractivity contribution in [3.05, 3.63) is 64.0 Å². The van der Waals surface area contributed by atoms with Crippen LogP contribution in [0.15, 0.2) is 52.7 Å². The minimum Gasteiger partial charge on any atom is -0.302 e. The molecule has 8 heteroatoms. The van der Waals surface area contributed by atoms with Gasteiger partial charge in [-0.05, 0) is 73.6 Å². The van der Waals surface area contributed by atoms with Crippen LogP contribution in [0.1, 0.15) is 36.8 Å². The van der Waals surface area contributed by atoms with E-state index in [2.05, 4.69) is 28.5 Å². The number of halogens is 1. The summed E-state index contributed by atoms with van der Waals surface area (Å²) in [6.07, 6.45) is 5.07. The highest BCUT2D eigenvalue weighted by molar-refractivity contribution is 7.91. The highest BCUT2D eigenvalue weighted by Gasteiger charge is 2.16. The fourth-order valence-electron chi connectivity index (χ4n) is 3.72. The van der Waals surface area contributed by atoms with Crippen LogP contribution < -0.4 is 5.32 Å². The predicted octanol–water partition coefficient (Wildman–Crippen LogP) is 5.53. The van der Waals surface area contributed by atoms with Crippen LogP contribution in [0.4, 0.5) is 5.13 Å². The quantitative estimate of drug-likeness (QED) is 0.488. The fraction of sp³-hybridized carbons (Fsp3) is 0.304. The lowest BCUT2D eigenvalue weighted by Gasteiger charge is -2.16. The number of anilines is 1. The van der Waals surface area contributed by atoms with E-state index in [0.29, 0.717) is 10.2 Å². The molecule has 2 aromatic carbocycles. The van der Waals surface area contributed by atoms with Crippen LogP contribution >= 0.6 is 22.9 Å². The number of aromatic nitrogens is 1. The minimum atomic E-state index is -3.44. The van der Waals surface area contributed by atoms with E-state index < -0.39 is 9.84 Å². The largest absolute Gasteiger partial charge is 0.302 e. The first-order chi connectivity index (χ1) is 14.9.